The smallest absolute Gasteiger partial charge is 0.137 e. The highest BCUT2D eigenvalue weighted by Gasteiger charge is 2.05. The molecule has 0 radical (unpaired) electrons. The topological polar surface area (TPSA) is 48.1 Å². The van der Waals surface area contributed by atoms with Crippen molar-refractivity contribution in [3.8, 4) is 5.75 Å². The van der Waals surface area contributed by atoms with Gasteiger partial charge in [0.15, 0.2) is 0 Å². The van der Waals surface area contributed by atoms with E-state index in [4.69, 9.17) is 22.1 Å². The number of nitrogens with two attached hydrogens (primary N) is 1. The molecule has 4 heteroatoms. The zero-order chi connectivity index (χ0) is 14.4. The fourth-order valence-electron chi connectivity index (χ4n) is 1.97. The lowest BCUT2D eigenvalue weighted by molar-refractivity contribution is 0.320. The van der Waals surface area contributed by atoms with E-state index in [9.17, 15) is 0 Å². The van der Waals surface area contributed by atoms with Crippen molar-refractivity contribution < 1.29 is 4.74 Å². The molecule has 0 amide bonds. The van der Waals surface area contributed by atoms with Crippen LogP contribution in [0.5, 0.6) is 5.75 Å². The van der Waals surface area contributed by atoms with Crippen LogP contribution in [0.2, 0.25) is 5.02 Å². The molecule has 1 unspecified atom stereocenters. The van der Waals surface area contributed by atoms with E-state index >= 15 is 0 Å². The molecule has 1 heterocycles. The third-order valence-electron chi connectivity index (χ3n) is 2.90. The summed E-state index contributed by atoms with van der Waals surface area (Å²) in [6.07, 6.45) is 3.36. The summed E-state index contributed by atoms with van der Waals surface area (Å²) in [5.41, 5.74) is 7.91. The molecule has 0 aliphatic rings. The molecule has 3 nitrogen and oxygen atoms in total. The predicted molar refractivity (Wildman–Crippen MR) is 82.2 cm³/mol. The van der Waals surface area contributed by atoms with Gasteiger partial charge in [-0.2, -0.15) is 0 Å². The quantitative estimate of drug-likeness (QED) is 0.888. The van der Waals surface area contributed by atoms with Crippen molar-refractivity contribution in [2.24, 2.45) is 5.73 Å². The second kappa shape index (κ2) is 7.27. The summed E-state index contributed by atoms with van der Waals surface area (Å²) in [5, 5.41) is 0.629. The molecule has 2 N–H and O–H groups in total. The van der Waals surface area contributed by atoms with E-state index in [0.717, 1.165) is 24.1 Å². The Morgan fingerprint density at radius 3 is 2.80 bits per heavy atom. The number of aromatic nitrogens is 1. The minimum absolute atomic E-state index is 0.127. The number of ether oxygens (including phenoxy) is 1. The van der Waals surface area contributed by atoms with E-state index in [-0.39, 0.29) is 6.04 Å². The van der Waals surface area contributed by atoms with Gasteiger partial charge < -0.3 is 10.5 Å². The van der Waals surface area contributed by atoms with Crippen LogP contribution in [0.1, 0.15) is 18.2 Å². The van der Waals surface area contributed by atoms with Gasteiger partial charge in [-0.05, 0) is 43.2 Å². The Labute approximate surface area is 124 Å². The van der Waals surface area contributed by atoms with Gasteiger partial charge in [0.2, 0.25) is 0 Å². The molecule has 2 rings (SSSR count). The van der Waals surface area contributed by atoms with Gasteiger partial charge in [-0.25, -0.2) is 0 Å². The summed E-state index contributed by atoms with van der Waals surface area (Å²) < 4.78 is 5.70. The number of nitrogens with zero attached hydrogens (tertiary/aromatic N) is 1. The first-order valence-corrected chi connectivity index (χ1v) is 7.09. The van der Waals surface area contributed by atoms with Crippen LogP contribution in [0.4, 0.5) is 0 Å². The van der Waals surface area contributed by atoms with Gasteiger partial charge in [0.1, 0.15) is 5.75 Å². The van der Waals surface area contributed by atoms with E-state index in [0.29, 0.717) is 17.4 Å². The second-order valence-corrected chi connectivity index (χ2v) is 5.27. The number of benzene rings is 1. The first-order chi connectivity index (χ1) is 9.65. The summed E-state index contributed by atoms with van der Waals surface area (Å²) in [6, 6.07) is 11.8. The third kappa shape index (κ3) is 4.51. The Hall–Kier alpha value is -1.58. The fraction of sp³-hybridized carbons (Fsp3) is 0.312. The van der Waals surface area contributed by atoms with Crippen LogP contribution in [0.15, 0.2) is 42.6 Å². The lowest BCUT2D eigenvalue weighted by Crippen LogP contribution is -2.17. The van der Waals surface area contributed by atoms with Gasteiger partial charge in [-0.15, -0.1) is 0 Å². The van der Waals surface area contributed by atoms with E-state index in [1.54, 1.807) is 6.20 Å². The summed E-state index contributed by atoms with van der Waals surface area (Å²) in [7, 11) is 0. The summed E-state index contributed by atoms with van der Waals surface area (Å²) in [6.45, 7) is 2.54. The Morgan fingerprint density at radius 2 is 2.15 bits per heavy atom. The zero-order valence-electron chi connectivity index (χ0n) is 11.6. The largest absolute Gasteiger partial charge is 0.492 e. The molecule has 0 fully saturated rings. The van der Waals surface area contributed by atoms with Crippen LogP contribution in [-0.4, -0.2) is 17.6 Å². The van der Waals surface area contributed by atoms with Crippen LogP contribution >= 0.6 is 11.6 Å². The first kappa shape index (κ1) is 14.8. The zero-order valence-corrected chi connectivity index (χ0v) is 12.3. The molecule has 1 atom stereocenters. The molecule has 0 bridgehead atoms. The molecule has 2 aromatic rings. The van der Waals surface area contributed by atoms with Crippen molar-refractivity contribution in [1.29, 1.82) is 0 Å². The van der Waals surface area contributed by atoms with Crippen LogP contribution in [0, 0.1) is 0 Å². The van der Waals surface area contributed by atoms with Gasteiger partial charge >= 0.3 is 0 Å². The highest BCUT2D eigenvalue weighted by Crippen LogP contribution is 2.26. The van der Waals surface area contributed by atoms with Crippen molar-refractivity contribution in [2.45, 2.75) is 25.8 Å². The number of pyridine rings is 1. The fourth-order valence-corrected chi connectivity index (χ4v) is 2.23. The van der Waals surface area contributed by atoms with Gasteiger partial charge in [0, 0.05) is 24.4 Å². The monoisotopic (exact) mass is 290 g/mol. The molecular formula is C16H19ClN2O. The highest BCUT2D eigenvalue weighted by atomic mass is 35.5. The number of halogens is 1. The maximum atomic E-state index is 6.21. The van der Waals surface area contributed by atoms with Gasteiger partial charge in [-0.3, -0.25) is 4.98 Å². The molecule has 0 aliphatic carbocycles. The van der Waals surface area contributed by atoms with Crippen LogP contribution in [0.3, 0.4) is 0 Å². The van der Waals surface area contributed by atoms with Gasteiger partial charge in [-0.1, -0.05) is 23.7 Å². The average Bonchev–Trinajstić information content (AvgIpc) is 2.42. The SMILES string of the molecule is CC(N)Cc1ccc(OCCc2ccccn2)c(Cl)c1. The number of hydrogen-bond donors (Lipinski definition) is 1. The first-order valence-electron chi connectivity index (χ1n) is 6.72. The minimum Gasteiger partial charge on any atom is -0.492 e. The Balaban J connectivity index is 1.90. The van der Waals surface area contributed by atoms with E-state index < -0.39 is 0 Å². The highest BCUT2D eigenvalue weighted by molar-refractivity contribution is 6.32. The third-order valence-corrected chi connectivity index (χ3v) is 3.19. The lowest BCUT2D eigenvalue weighted by Gasteiger charge is -2.10. The standard InChI is InChI=1S/C16H19ClN2O/c1-12(18)10-13-5-6-16(15(17)11-13)20-9-7-14-4-2-3-8-19-14/h2-6,8,11-12H,7,9-10,18H2,1H3. The summed E-state index contributed by atoms with van der Waals surface area (Å²) in [4.78, 5) is 4.25. The molecule has 1 aromatic heterocycles. The van der Waals surface area contributed by atoms with Crippen molar-refractivity contribution in [1.82, 2.24) is 4.98 Å². The molecule has 106 valence electrons. The van der Waals surface area contributed by atoms with E-state index in [2.05, 4.69) is 4.98 Å². The summed E-state index contributed by atoms with van der Waals surface area (Å²) >= 11 is 6.21. The van der Waals surface area contributed by atoms with Crippen molar-refractivity contribution >= 4 is 11.6 Å². The van der Waals surface area contributed by atoms with Crippen molar-refractivity contribution in [3.05, 3.63) is 58.9 Å². The molecule has 0 saturated carbocycles. The summed E-state index contributed by atoms with van der Waals surface area (Å²) in [5.74, 6) is 0.705. The van der Waals surface area contributed by atoms with Crippen molar-refractivity contribution in [3.63, 3.8) is 0 Å². The number of hydrogen-bond acceptors (Lipinski definition) is 3. The average molecular weight is 291 g/mol. The Morgan fingerprint density at radius 1 is 1.30 bits per heavy atom. The van der Waals surface area contributed by atoms with Crippen LogP contribution in [-0.2, 0) is 12.8 Å². The molecule has 0 aliphatic heterocycles. The second-order valence-electron chi connectivity index (χ2n) is 4.87. The van der Waals surface area contributed by atoms with Gasteiger partial charge in [0.25, 0.3) is 0 Å². The maximum Gasteiger partial charge on any atom is 0.137 e. The number of rotatable bonds is 6. The van der Waals surface area contributed by atoms with E-state index in [1.165, 1.54) is 0 Å². The predicted octanol–water partition coefficient (Wildman–Crippen LogP) is 3.25. The lowest BCUT2D eigenvalue weighted by atomic mass is 10.1. The molecular weight excluding hydrogens is 272 g/mol. The van der Waals surface area contributed by atoms with Gasteiger partial charge in [0.05, 0.1) is 11.6 Å². The normalized spacial score (nSPS) is 12.2. The molecule has 1 aromatic carbocycles. The van der Waals surface area contributed by atoms with E-state index in [1.807, 2.05) is 43.3 Å². The minimum atomic E-state index is 0.127. The van der Waals surface area contributed by atoms with Crippen molar-refractivity contribution in [2.75, 3.05) is 6.61 Å². The Bertz CT molecular complexity index is 543. The molecule has 0 saturated heterocycles. The Kier molecular flexibility index (Phi) is 5.39. The molecule has 0 spiro atoms. The molecule has 20 heavy (non-hydrogen) atoms. The maximum absolute atomic E-state index is 6.21. The van der Waals surface area contributed by atoms with Crippen LogP contribution in [0.25, 0.3) is 0 Å². The van der Waals surface area contributed by atoms with Crippen LogP contribution < -0.4 is 10.5 Å².